The van der Waals surface area contributed by atoms with Gasteiger partial charge in [0.15, 0.2) is 0 Å². The Hall–Kier alpha value is -2.49. The number of carbonyl (C=O) groups excluding carboxylic acids is 2. The van der Waals surface area contributed by atoms with E-state index in [2.05, 4.69) is 5.32 Å². The third kappa shape index (κ3) is 7.83. The SMILES string of the molecule is CCC(C)NC(=O)C(C)N(Cc1ccc(Cl)c(Cl)c1)C(=O)CN(c1ccc(Cl)c(Cl)c1)S(=O)(=O)c1ccccc1. The predicted octanol–water partition coefficient (Wildman–Crippen LogP) is 6.83. The van der Waals surface area contributed by atoms with Crippen molar-refractivity contribution >= 4 is 73.9 Å². The summed E-state index contributed by atoms with van der Waals surface area (Å²) in [5.74, 6) is -1.00. The highest BCUT2D eigenvalue weighted by atomic mass is 35.5. The fourth-order valence-corrected chi connectivity index (χ4v) is 5.81. The molecule has 0 radical (unpaired) electrons. The van der Waals surface area contributed by atoms with Gasteiger partial charge in [-0.15, -0.1) is 0 Å². The molecule has 3 rings (SSSR count). The second kappa shape index (κ2) is 13.9. The van der Waals surface area contributed by atoms with Crippen molar-refractivity contribution in [3.8, 4) is 0 Å². The number of benzene rings is 3. The Kier molecular flexibility index (Phi) is 11.1. The summed E-state index contributed by atoms with van der Waals surface area (Å²) >= 11 is 24.6. The maximum absolute atomic E-state index is 13.9. The predicted molar refractivity (Wildman–Crippen MR) is 162 cm³/mol. The molecule has 0 aliphatic rings. The maximum Gasteiger partial charge on any atom is 0.264 e. The van der Waals surface area contributed by atoms with E-state index in [0.29, 0.717) is 17.0 Å². The molecule has 7 nitrogen and oxygen atoms in total. The molecule has 0 heterocycles. The maximum atomic E-state index is 13.9. The highest BCUT2D eigenvalue weighted by Gasteiger charge is 2.33. The van der Waals surface area contributed by atoms with Gasteiger partial charge in [-0.2, -0.15) is 0 Å². The van der Waals surface area contributed by atoms with Crippen LogP contribution in [0.1, 0.15) is 32.8 Å². The minimum Gasteiger partial charge on any atom is -0.352 e. The molecule has 3 aromatic carbocycles. The second-order valence-corrected chi connectivity index (χ2v) is 12.7. The van der Waals surface area contributed by atoms with E-state index >= 15 is 0 Å². The van der Waals surface area contributed by atoms with E-state index in [-0.39, 0.29) is 44.1 Å². The zero-order valence-electron chi connectivity index (χ0n) is 22.1. The summed E-state index contributed by atoms with van der Waals surface area (Å²) in [4.78, 5) is 28.3. The lowest BCUT2D eigenvalue weighted by molar-refractivity contribution is -0.139. The molecule has 214 valence electrons. The highest BCUT2D eigenvalue weighted by Crippen LogP contribution is 2.31. The molecule has 2 unspecified atom stereocenters. The molecular formula is C28H29Cl4N3O4S. The summed E-state index contributed by atoms with van der Waals surface area (Å²) in [5.41, 5.74) is 0.746. The van der Waals surface area contributed by atoms with Crippen LogP contribution in [0, 0.1) is 0 Å². The smallest absolute Gasteiger partial charge is 0.264 e. The van der Waals surface area contributed by atoms with E-state index in [1.165, 1.54) is 35.2 Å². The van der Waals surface area contributed by atoms with Crippen LogP contribution in [0.5, 0.6) is 0 Å². The first kappa shape index (κ1) is 32.0. The lowest BCUT2D eigenvalue weighted by Crippen LogP contribution is -2.52. The van der Waals surface area contributed by atoms with Crippen LogP contribution in [-0.2, 0) is 26.2 Å². The molecule has 12 heteroatoms. The zero-order chi connectivity index (χ0) is 29.6. The molecule has 0 spiro atoms. The van der Waals surface area contributed by atoms with Crippen LogP contribution in [0.4, 0.5) is 5.69 Å². The van der Waals surface area contributed by atoms with Crippen LogP contribution in [0.15, 0.2) is 71.6 Å². The van der Waals surface area contributed by atoms with Crippen molar-refractivity contribution in [2.75, 3.05) is 10.8 Å². The molecule has 0 saturated carbocycles. The normalized spacial score (nSPS) is 12.9. The summed E-state index contributed by atoms with van der Waals surface area (Å²) in [6.45, 7) is 4.73. The van der Waals surface area contributed by atoms with Crippen molar-refractivity contribution in [2.24, 2.45) is 0 Å². The van der Waals surface area contributed by atoms with Crippen molar-refractivity contribution in [1.82, 2.24) is 10.2 Å². The van der Waals surface area contributed by atoms with Gasteiger partial charge in [0.2, 0.25) is 11.8 Å². The van der Waals surface area contributed by atoms with Gasteiger partial charge in [-0.3, -0.25) is 13.9 Å². The van der Waals surface area contributed by atoms with E-state index in [9.17, 15) is 18.0 Å². The second-order valence-electron chi connectivity index (χ2n) is 9.19. The molecule has 2 atom stereocenters. The summed E-state index contributed by atoms with van der Waals surface area (Å²) < 4.78 is 28.5. The number of rotatable bonds is 11. The van der Waals surface area contributed by atoms with Crippen molar-refractivity contribution in [3.63, 3.8) is 0 Å². The molecule has 0 bridgehead atoms. The number of hydrogen-bond acceptors (Lipinski definition) is 4. The van der Waals surface area contributed by atoms with Crippen LogP contribution < -0.4 is 9.62 Å². The largest absolute Gasteiger partial charge is 0.352 e. The van der Waals surface area contributed by atoms with Crippen molar-refractivity contribution in [3.05, 3.63) is 92.4 Å². The highest BCUT2D eigenvalue weighted by molar-refractivity contribution is 7.92. The Balaban J connectivity index is 2.05. The van der Waals surface area contributed by atoms with Gasteiger partial charge in [0.1, 0.15) is 12.6 Å². The first-order valence-electron chi connectivity index (χ1n) is 12.4. The Morgan fingerprint density at radius 3 is 2.02 bits per heavy atom. The average molecular weight is 645 g/mol. The summed E-state index contributed by atoms with van der Waals surface area (Å²) in [6, 6.07) is 15.8. The van der Waals surface area contributed by atoms with Gasteiger partial charge >= 0.3 is 0 Å². The molecule has 0 fully saturated rings. The van der Waals surface area contributed by atoms with Gasteiger partial charge in [-0.1, -0.05) is 77.6 Å². The monoisotopic (exact) mass is 643 g/mol. The topological polar surface area (TPSA) is 86.8 Å². The third-order valence-corrected chi connectivity index (χ3v) is 9.57. The zero-order valence-corrected chi connectivity index (χ0v) is 25.9. The Bertz CT molecular complexity index is 1470. The molecule has 0 aliphatic heterocycles. The van der Waals surface area contributed by atoms with E-state index in [4.69, 9.17) is 46.4 Å². The minimum atomic E-state index is -4.22. The lowest BCUT2D eigenvalue weighted by Gasteiger charge is -2.32. The minimum absolute atomic E-state index is 0.0209. The number of sulfonamides is 1. The number of halogens is 4. The third-order valence-electron chi connectivity index (χ3n) is 6.31. The summed E-state index contributed by atoms with van der Waals surface area (Å²) in [7, 11) is -4.22. The number of nitrogens with one attached hydrogen (secondary N) is 1. The van der Waals surface area contributed by atoms with Gasteiger partial charge in [-0.25, -0.2) is 8.42 Å². The van der Waals surface area contributed by atoms with Crippen LogP contribution in [0.25, 0.3) is 0 Å². The average Bonchev–Trinajstić information content (AvgIpc) is 2.93. The summed E-state index contributed by atoms with van der Waals surface area (Å²) in [5, 5.41) is 3.85. The number of hydrogen-bond donors (Lipinski definition) is 1. The van der Waals surface area contributed by atoms with Gasteiger partial charge < -0.3 is 10.2 Å². The van der Waals surface area contributed by atoms with Crippen molar-refractivity contribution < 1.29 is 18.0 Å². The Labute approximate surface area is 255 Å². The molecule has 0 saturated heterocycles. The number of nitrogens with zero attached hydrogens (tertiary/aromatic N) is 2. The number of carbonyl (C=O) groups is 2. The van der Waals surface area contributed by atoms with Gasteiger partial charge in [-0.05, 0) is 68.3 Å². The molecule has 0 aliphatic carbocycles. The van der Waals surface area contributed by atoms with Gasteiger partial charge in [0, 0.05) is 12.6 Å². The van der Waals surface area contributed by atoms with E-state index in [0.717, 1.165) is 4.31 Å². The lowest BCUT2D eigenvalue weighted by atomic mass is 10.1. The molecule has 1 N–H and O–H groups in total. The number of anilines is 1. The first-order valence-corrected chi connectivity index (χ1v) is 15.4. The van der Waals surface area contributed by atoms with Crippen LogP contribution >= 0.6 is 46.4 Å². The number of amides is 2. The molecule has 0 aromatic heterocycles. The van der Waals surface area contributed by atoms with Crippen LogP contribution in [0.3, 0.4) is 0 Å². The van der Waals surface area contributed by atoms with Crippen LogP contribution in [-0.4, -0.2) is 43.8 Å². The molecule has 40 heavy (non-hydrogen) atoms. The van der Waals surface area contributed by atoms with Gasteiger partial charge in [0.05, 0.1) is 30.7 Å². The Morgan fingerprint density at radius 2 is 1.45 bits per heavy atom. The summed E-state index contributed by atoms with van der Waals surface area (Å²) in [6.07, 6.45) is 0.694. The fraction of sp³-hybridized carbons (Fsp3) is 0.286. The standard InChI is InChI=1S/C28H29Cl4N3O4S/c1-4-18(2)33-28(37)19(3)34(16-20-10-12-23(29)25(31)14-20)27(36)17-35(21-11-13-24(30)26(32)15-21)40(38,39)22-8-6-5-7-9-22/h5-15,18-19H,4,16-17H2,1-3H3,(H,33,37). The fourth-order valence-electron chi connectivity index (χ4n) is 3.77. The van der Waals surface area contributed by atoms with Crippen molar-refractivity contribution in [1.29, 1.82) is 0 Å². The van der Waals surface area contributed by atoms with E-state index < -0.39 is 28.5 Å². The van der Waals surface area contributed by atoms with Crippen molar-refractivity contribution in [2.45, 2.75) is 50.7 Å². The Morgan fingerprint density at radius 1 is 0.850 bits per heavy atom. The van der Waals surface area contributed by atoms with E-state index in [1.54, 1.807) is 43.3 Å². The quantitative estimate of drug-likeness (QED) is 0.248. The van der Waals surface area contributed by atoms with Gasteiger partial charge in [0.25, 0.3) is 10.0 Å². The first-order chi connectivity index (χ1) is 18.8. The molecule has 2 amide bonds. The molecule has 3 aromatic rings. The molecular weight excluding hydrogens is 616 g/mol. The van der Waals surface area contributed by atoms with E-state index in [1.807, 2.05) is 13.8 Å². The van der Waals surface area contributed by atoms with Crippen LogP contribution in [0.2, 0.25) is 20.1 Å².